The van der Waals surface area contributed by atoms with Gasteiger partial charge in [-0.2, -0.15) is 0 Å². The Morgan fingerprint density at radius 2 is 1.33 bits per heavy atom. The maximum atomic E-state index is 9.65. The number of ether oxygens (including phenoxy) is 3. The normalized spacial score (nSPS) is 13.2. The van der Waals surface area contributed by atoms with Crippen LogP contribution in [0.4, 0.5) is 0 Å². The van der Waals surface area contributed by atoms with Crippen molar-refractivity contribution in [1.29, 1.82) is 0 Å². The van der Waals surface area contributed by atoms with Crippen molar-refractivity contribution in [2.24, 2.45) is 0 Å². The molecular weight excluding hydrogens is 344 g/mol. The van der Waals surface area contributed by atoms with Gasteiger partial charge in [-0.15, -0.1) is 0 Å². The Morgan fingerprint density at radius 3 is 2.00 bits per heavy atom. The lowest BCUT2D eigenvalue weighted by Crippen LogP contribution is -2.14. The smallest absolute Gasteiger partial charge is 0.173 e. The molecule has 27 heavy (non-hydrogen) atoms. The third-order valence-corrected chi connectivity index (χ3v) is 3.84. The summed E-state index contributed by atoms with van der Waals surface area (Å²) in [6, 6.07) is 18.8. The second kappa shape index (κ2) is 8.75. The zero-order valence-electron chi connectivity index (χ0n) is 15.5. The quantitative estimate of drug-likeness (QED) is 0.625. The molecule has 0 heterocycles. The third kappa shape index (κ3) is 4.90. The van der Waals surface area contributed by atoms with Gasteiger partial charge in [0, 0.05) is 16.8 Å². The van der Waals surface area contributed by atoms with E-state index in [0.29, 0.717) is 23.0 Å². The van der Waals surface area contributed by atoms with Crippen LogP contribution in [0.1, 0.15) is 13.8 Å². The standard InChI is InChI=1S/C22H24O5/c1-15(23)13-25-20-12-21(27-17-8-4-3-5-9-17)22(26-14-16(2)24)19-11-7-6-10-18(19)20/h3-12,15-16,23-24H,13-14H2,1-2H3. The van der Waals surface area contributed by atoms with Gasteiger partial charge in [-0.3, -0.25) is 0 Å². The first-order valence-corrected chi connectivity index (χ1v) is 8.95. The average Bonchev–Trinajstić information content (AvgIpc) is 2.66. The Kier molecular flexibility index (Phi) is 6.16. The molecule has 0 fully saturated rings. The highest BCUT2D eigenvalue weighted by Gasteiger charge is 2.17. The van der Waals surface area contributed by atoms with Crippen LogP contribution < -0.4 is 14.2 Å². The first kappa shape index (κ1) is 19.0. The molecule has 0 aliphatic rings. The summed E-state index contributed by atoms with van der Waals surface area (Å²) in [5.41, 5.74) is 0. The molecule has 2 atom stereocenters. The molecule has 0 amide bonds. The largest absolute Gasteiger partial charge is 0.490 e. The Balaban J connectivity index is 2.09. The van der Waals surface area contributed by atoms with E-state index in [4.69, 9.17) is 14.2 Å². The van der Waals surface area contributed by atoms with Crippen molar-refractivity contribution in [1.82, 2.24) is 0 Å². The molecule has 0 aliphatic heterocycles. The van der Waals surface area contributed by atoms with Crippen molar-refractivity contribution in [3.63, 3.8) is 0 Å². The molecule has 0 saturated carbocycles. The number of aliphatic hydroxyl groups excluding tert-OH is 2. The fourth-order valence-corrected chi connectivity index (χ4v) is 2.67. The van der Waals surface area contributed by atoms with Crippen LogP contribution in [0.25, 0.3) is 10.8 Å². The monoisotopic (exact) mass is 368 g/mol. The summed E-state index contributed by atoms with van der Waals surface area (Å²) < 4.78 is 17.7. The first-order chi connectivity index (χ1) is 13.0. The van der Waals surface area contributed by atoms with Gasteiger partial charge in [0.2, 0.25) is 0 Å². The number of fused-ring (bicyclic) bond motifs is 1. The topological polar surface area (TPSA) is 68.2 Å². The third-order valence-electron chi connectivity index (χ3n) is 3.84. The van der Waals surface area contributed by atoms with Gasteiger partial charge >= 0.3 is 0 Å². The number of rotatable bonds is 8. The molecule has 2 unspecified atom stereocenters. The molecule has 0 radical (unpaired) electrons. The van der Waals surface area contributed by atoms with Gasteiger partial charge in [0.25, 0.3) is 0 Å². The van der Waals surface area contributed by atoms with Gasteiger partial charge < -0.3 is 24.4 Å². The van der Waals surface area contributed by atoms with Gasteiger partial charge in [-0.05, 0) is 26.0 Å². The lowest BCUT2D eigenvalue weighted by Gasteiger charge is -2.19. The maximum absolute atomic E-state index is 9.65. The van der Waals surface area contributed by atoms with Crippen LogP contribution in [-0.2, 0) is 0 Å². The van der Waals surface area contributed by atoms with E-state index in [1.807, 2.05) is 54.6 Å². The molecule has 3 aromatic carbocycles. The van der Waals surface area contributed by atoms with Crippen molar-refractivity contribution < 1.29 is 24.4 Å². The summed E-state index contributed by atoms with van der Waals surface area (Å²) in [4.78, 5) is 0. The molecular formula is C22H24O5. The molecule has 5 heteroatoms. The minimum absolute atomic E-state index is 0.142. The maximum Gasteiger partial charge on any atom is 0.173 e. The SMILES string of the molecule is CC(O)COc1cc(Oc2ccccc2)c(OCC(C)O)c2ccccc12. The molecule has 0 saturated heterocycles. The molecule has 2 N–H and O–H groups in total. The summed E-state index contributed by atoms with van der Waals surface area (Å²) >= 11 is 0. The second-order valence-corrected chi connectivity index (χ2v) is 6.48. The molecule has 142 valence electrons. The summed E-state index contributed by atoms with van der Waals surface area (Å²) in [7, 11) is 0. The highest BCUT2D eigenvalue weighted by molar-refractivity contribution is 5.95. The van der Waals surface area contributed by atoms with Crippen LogP contribution in [-0.4, -0.2) is 35.6 Å². The fraction of sp³-hybridized carbons (Fsp3) is 0.273. The number of hydrogen-bond acceptors (Lipinski definition) is 5. The van der Waals surface area contributed by atoms with Crippen molar-refractivity contribution in [2.45, 2.75) is 26.1 Å². The molecule has 0 spiro atoms. The van der Waals surface area contributed by atoms with E-state index in [-0.39, 0.29) is 13.2 Å². The van der Waals surface area contributed by atoms with Gasteiger partial charge in [0.15, 0.2) is 11.5 Å². The van der Waals surface area contributed by atoms with Crippen LogP contribution >= 0.6 is 0 Å². The van der Waals surface area contributed by atoms with E-state index in [2.05, 4.69) is 0 Å². The lowest BCUT2D eigenvalue weighted by molar-refractivity contribution is 0.120. The molecule has 0 aromatic heterocycles. The Hall–Kier alpha value is -2.76. The molecule has 0 aliphatic carbocycles. The van der Waals surface area contributed by atoms with Gasteiger partial charge in [-0.1, -0.05) is 42.5 Å². The highest BCUT2D eigenvalue weighted by atomic mass is 16.5. The van der Waals surface area contributed by atoms with E-state index >= 15 is 0 Å². The molecule has 3 rings (SSSR count). The van der Waals surface area contributed by atoms with E-state index in [9.17, 15) is 10.2 Å². The second-order valence-electron chi connectivity index (χ2n) is 6.48. The van der Waals surface area contributed by atoms with Crippen molar-refractivity contribution in [3.8, 4) is 23.0 Å². The Bertz CT molecular complexity index is 875. The van der Waals surface area contributed by atoms with Crippen LogP contribution in [0.5, 0.6) is 23.0 Å². The summed E-state index contributed by atoms with van der Waals surface area (Å²) in [5, 5.41) is 20.9. The predicted octanol–water partition coefficient (Wildman–Crippen LogP) is 4.15. The zero-order valence-corrected chi connectivity index (χ0v) is 15.5. The van der Waals surface area contributed by atoms with Crippen molar-refractivity contribution >= 4 is 10.8 Å². The Morgan fingerprint density at radius 1 is 0.741 bits per heavy atom. The number of hydrogen-bond donors (Lipinski definition) is 2. The van der Waals surface area contributed by atoms with Crippen molar-refractivity contribution in [3.05, 3.63) is 60.7 Å². The summed E-state index contributed by atoms with van der Waals surface area (Å²) in [6.07, 6.45) is -1.20. The van der Waals surface area contributed by atoms with Gasteiger partial charge in [0.05, 0.1) is 12.2 Å². The van der Waals surface area contributed by atoms with Crippen LogP contribution in [0.15, 0.2) is 60.7 Å². The average molecular weight is 368 g/mol. The molecule has 0 bridgehead atoms. The van der Waals surface area contributed by atoms with E-state index in [1.165, 1.54) is 0 Å². The van der Waals surface area contributed by atoms with Crippen LogP contribution in [0, 0.1) is 0 Å². The van der Waals surface area contributed by atoms with Crippen molar-refractivity contribution in [2.75, 3.05) is 13.2 Å². The van der Waals surface area contributed by atoms with E-state index in [1.54, 1.807) is 19.9 Å². The summed E-state index contributed by atoms with van der Waals surface area (Å²) in [6.45, 7) is 3.65. The molecule has 5 nitrogen and oxygen atoms in total. The summed E-state index contributed by atoms with van der Waals surface area (Å²) in [5.74, 6) is 2.29. The lowest BCUT2D eigenvalue weighted by atomic mass is 10.1. The zero-order chi connectivity index (χ0) is 19.2. The minimum Gasteiger partial charge on any atom is -0.490 e. The van der Waals surface area contributed by atoms with Crippen LogP contribution in [0.2, 0.25) is 0 Å². The highest BCUT2D eigenvalue weighted by Crippen LogP contribution is 2.43. The minimum atomic E-state index is -0.612. The first-order valence-electron chi connectivity index (χ1n) is 8.95. The van der Waals surface area contributed by atoms with Crippen LogP contribution in [0.3, 0.4) is 0 Å². The molecule has 3 aromatic rings. The number of para-hydroxylation sites is 1. The van der Waals surface area contributed by atoms with Gasteiger partial charge in [0.1, 0.15) is 24.7 Å². The van der Waals surface area contributed by atoms with Gasteiger partial charge in [-0.25, -0.2) is 0 Å². The number of aliphatic hydroxyl groups is 2. The predicted molar refractivity (Wildman–Crippen MR) is 105 cm³/mol. The van der Waals surface area contributed by atoms with E-state index < -0.39 is 12.2 Å². The number of benzene rings is 3. The van der Waals surface area contributed by atoms with E-state index in [0.717, 1.165) is 10.8 Å². The Labute approximate surface area is 158 Å². The fourth-order valence-electron chi connectivity index (χ4n) is 2.67.